The number of carbonyl (C=O) groups is 2. The van der Waals surface area contributed by atoms with Gasteiger partial charge in [-0.15, -0.1) is 0 Å². The topological polar surface area (TPSA) is 75.4 Å². The van der Waals surface area contributed by atoms with Crippen LogP contribution < -0.4 is 5.32 Å². The zero-order chi connectivity index (χ0) is 13.2. The quantitative estimate of drug-likeness (QED) is 0.803. The average Bonchev–Trinajstić information content (AvgIpc) is 2.65. The highest BCUT2D eigenvalue weighted by Crippen LogP contribution is 2.22. The SMILES string of the molecule is CN(C)C(=O)NC(=O)c1cc(C(C)(C)C)on1. The molecule has 0 atom stereocenters. The van der Waals surface area contributed by atoms with Crippen LogP contribution in [0.15, 0.2) is 10.6 Å². The molecule has 0 unspecified atom stereocenters. The molecule has 6 nitrogen and oxygen atoms in total. The first kappa shape index (κ1) is 13.2. The Morgan fingerprint density at radius 1 is 1.35 bits per heavy atom. The van der Waals surface area contributed by atoms with Gasteiger partial charge in [0.25, 0.3) is 5.91 Å². The normalized spacial score (nSPS) is 11.1. The highest BCUT2D eigenvalue weighted by Gasteiger charge is 2.23. The van der Waals surface area contributed by atoms with Crippen molar-refractivity contribution in [3.63, 3.8) is 0 Å². The van der Waals surface area contributed by atoms with Gasteiger partial charge in [-0.1, -0.05) is 25.9 Å². The summed E-state index contributed by atoms with van der Waals surface area (Å²) in [5.74, 6) is 0.0305. The summed E-state index contributed by atoms with van der Waals surface area (Å²) in [7, 11) is 3.10. The average molecular weight is 239 g/mol. The van der Waals surface area contributed by atoms with E-state index >= 15 is 0 Å². The molecule has 0 aliphatic carbocycles. The van der Waals surface area contributed by atoms with Crippen LogP contribution in [0.1, 0.15) is 37.0 Å². The Kier molecular flexibility index (Phi) is 3.55. The van der Waals surface area contributed by atoms with Crippen LogP contribution in [0.25, 0.3) is 0 Å². The molecular weight excluding hydrogens is 222 g/mol. The number of amides is 3. The second-order valence-electron chi connectivity index (χ2n) is 4.98. The van der Waals surface area contributed by atoms with Crippen molar-refractivity contribution in [1.29, 1.82) is 0 Å². The maximum Gasteiger partial charge on any atom is 0.323 e. The summed E-state index contributed by atoms with van der Waals surface area (Å²) in [5, 5.41) is 5.82. The zero-order valence-electron chi connectivity index (χ0n) is 10.7. The van der Waals surface area contributed by atoms with Crippen LogP contribution in [-0.4, -0.2) is 36.1 Å². The molecule has 0 radical (unpaired) electrons. The van der Waals surface area contributed by atoms with Crippen LogP contribution in [0.5, 0.6) is 0 Å². The number of hydrogen-bond acceptors (Lipinski definition) is 4. The third kappa shape index (κ3) is 3.30. The second kappa shape index (κ2) is 4.57. The van der Waals surface area contributed by atoms with Crippen LogP contribution in [0.2, 0.25) is 0 Å². The molecule has 1 rings (SSSR count). The number of imide groups is 1. The van der Waals surface area contributed by atoms with Gasteiger partial charge < -0.3 is 9.42 Å². The highest BCUT2D eigenvalue weighted by atomic mass is 16.5. The van der Waals surface area contributed by atoms with Gasteiger partial charge in [0.05, 0.1) is 0 Å². The molecule has 6 heteroatoms. The summed E-state index contributed by atoms with van der Waals surface area (Å²) in [6.07, 6.45) is 0. The fourth-order valence-electron chi connectivity index (χ4n) is 1.01. The van der Waals surface area contributed by atoms with Gasteiger partial charge in [-0.25, -0.2) is 4.79 Å². The monoisotopic (exact) mass is 239 g/mol. The molecule has 0 aromatic carbocycles. The maximum absolute atomic E-state index is 11.6. The summed E-state index contributed by atoms with van der Waals surface area (Å²) in [5.41, 5.74) is -0.123. The van der Waals surface area contributed by atoms with E-state index in [4.69, 9.17) is 4.52 Å². The molecule has 0 aliphatic rings. The van der Waals surface area contributed by atoms with E-state index < -0.39 is 11.9 Å². The molecule has 1 aromatic rings. The number of rotatable bonds is 1. The molecule has 0 aliphatic heterocycles. The number of nitrogens with one attached hydrogen (secondary N) is 1. The highest BCUT2D eigenvalue weighted by molar-refractivity contribution is 6.02. The molecule has 1 aromatic heterocycles. The van der Waals surface area contributed by atoms with E-state index in [0.717, 1.165) is 0 Å². The van der Waals surface area contributed by atoms with E-state index in [-0.39, 0.29) is 11.1 Å². The first-order valence-electron chi connectivity index (χ1n) is 5.21. The van der Waals surface area contributed by atoms with Crippen molar-refractivity contribution in [2.75, 3.05) is 14.1 Å². The van der Waals surface area contributed by atoms with E-state index in [1.807, 2.05) is 20.8 Å². The van der Waals surface area contributed by atoms with Gasteiger partial charge >= 0.3 is 6.03 Å². The molecule has 94 valence electrons. The summed E-state index contributed by atoms with van der Waals surface area (Å²) < 4.78 is 5.06. The fourth-order valence-corrected chi connectivity index (χ4v) is 1.01. The standard InChI is InChI=1S/C11H17N3O3/c1-11(2,3)8-6-7(13-17-8)9(15)12-10(16)14(4)5/h6H,1-5H3,(H,12,15,16). The van der Waals surface area contributed by atoms with E-state index in [9.17, 15) is 9.59 Å². The third-order valence-corrected chi connectivity index (χ3v) is 2.11. The van der Waals surface area contributed by atoms with E-state index in [2.05, 4.69) is 10.5 Å². The molecule has 0 fully saturated rings. The zero-order valence-corrected chi connectivity index (χ0v) is 10.7. The predicted octanol–water partition coefficient (Wildman–Crippen LogP) is 1.38. The Labute approximate surface area is 99.9 Å². The predicted molar refractivity (Wildman–Crippen MR) is 61.8 cm³/mol. The summed E-state index contributed by atoms with van der Waals surface area (Å²) in [4.78, 5) is 24.2. The van der Waals surface area contributed by atoms with Gasteiger partial charge in [0.1, 0.15) is 5.76 Å². The van der Waals surface area contributed by atoms with Crippen molar-refractivity contribution >= 4 is 11.9 Å². The van der Waals surface area contributed by atoms with Crippen LogP contribution in [-0.2, 0) is 5.41 Å². The second-order valence-corrected chi connectivity index (χ2v) is 4.98. The van der Waals surface area contributed by atoms with Gasteiger partial charge in [-0.05, 0) is 0 Å². The van der Waals surface area contributed by atoms with Crippen LogP contribution in [0.3, 0.4) is 0 Å². The lowest BCUT2D eigenvalue weighted by Gasteiger charge is -2.12. The molecular formula is C11H17N3O3. The third-order valence-electron chi connectivity index (χ3n) is 2.11. The lowest BCUT2D eigenvalue weighted by Crippen LogP contribution is -2.38. The van der Waals surface area contributed by atoms with Crippen LogP contribution >= 0.6 is 0 Å². The first-order valence-corrected chi connectivity index (χ1v) is 5.21. The van der Waals surface area contributed by atoms with Gasteiger partial charge in [0, 0.05) is 25.6 Å². The molecule has 0 saturated carbocycles. The molecule has 3 amide bonds. The van der Waals surface area contributed by atoms with Gasteiger partial charge in [0.2, 0.25) is 0 Å². The number of urea groups is 1. The Morgan fingerprint density at radius 3 is 2.35 bits per heavy atom. The number of aromatic nitrogens is 1. The number of hydrogen-bond donors (Lipinski definition) is 1. The van der Waals surface area contributed by atoms with E-state index in [1.165, 1.54) is 11.0 Å². The molecule has 1 N–H and O–H groups in total. The Hall–Kier alpha value is -1.85. The Bertz CT molecular complexity index is 429. The van der Waals surface area contributed by atoms with Crippen molar-refractivity contribution in [3.05, 3.63) is 17.5 Å². The number of carbonyl (C=O) groups excluding carboxylic acids is 2. The molecule has 0 saturated heterocycles. The number of nitrogens with zero attached hydrogens (tertiary/aromatic N) is 2. The van der Waals surface area contributed by atoms with E-state index in [1.54, 1.807) is 14.1 Å². The van der Waals surface area contributed by atoms with Crippen LogP contribution in [0.4, 0.5) is 4.79 Å². The van der Waals surface area contributed by atoms with Gasteiger partial charge in [-0.2, -0.15) is 0 Å². The smallest absolute Gasteiger partial charge is 0.323 e. The summed E-state index contributed by atoms with van der Waals surface area (Å²) in [6, 6.07) is 1.05. The maximum atomic E-state index is 11.6. The largest absolute Gasteiger partial charge is 0.360 e. The Morgan fingerprint density at radius 2 is 1.94 bits per heavy atom. The van der Waals surface area contributed by atoms with E-state index in [0.29, 0.717) is 5.76 Å². The minimum Gasteiger partial charge on any atom is -0.360 e. The first-order chi connectivity index (χ1) is 7.71. The Balaban J connectivity index is 2.78. The van der Waals surface area contributed by atoms with Crippen molar-refractivity contribution in [1.82, 2.24) is 15.4 Å². The van der Waals surface area contributed by atoms with Crippen molar-refractivity contribution in [2.24, 2.45) is 0 Å². The van der Waals surface area contributed by atoms with Crippen molar-refractivity contribution < 1.29 is 14.1 Å². The van der Waals surface area contributed by atoms with Crippen LogP contribution in [0, 0.1) is 0 Å². The summed E-state index contributed by atoms with van der Waals surface area (Å²) in [6.45, 7) is 5.83. The summed E-state index contributed by atoms with van der Waals surface area (Å²) >= 11 is 0. The minimum absolute atomic E-state index is 0.102. The lowest BCUT2D eigenvalue weighted by molar-refractivity contribution is 0.0947. The molecule has 0 spiro atoms. The molecule has 1 heterocycles. The van der Waals surface area contributed by atoms with Gasteiger partial charge in [0.15, 0.2) is 5.69 Å². The molecule has 0 bridgehead atoms. The van der Waals surface area contributed by atoms with Gasteiger partial charge in [-0.3, -0.25) is 10.1 Å². The molecule has 17 heavy (non-hydrogen) atoms. The minimum atomic E-state index is -0.567. The lowest BCUT2D eigenvalue weighted by atomic mass is 9.93. The fraction of sp³-hybridized carbons (Fsp3) is 0.545. The van der Waals surface area contributed by atoms with Crippen molar-refractivity contribution in [3.8, 4) is 0 Å². The van der Waals surface area contributed by atoms with Crippen molar-refractivity contribution in [2.45, 2.75) is 26.2 Å².